The molecule has 0 aliphatic carbocycles. The third-order valence-corrected chi connectivity index (χ3v) is 2.21. The number of morpholine rings is 1. The van der Waals surface area contributed by atoms with Crippen LogP contribution in [0.15, 0.2) is 12.0 Å². The first-order valence-electron chi connectivity index (χ1n) is 4.91. The number of hydrogen-bond donors (Lipinski definition) is 0. The van der Waals surface area contributed by atoms with Gasteiger partial charge in [0.15, 0.2) is 12.1 Å². The molecule has 18 heavy (non-hydrogen) atoms. The smallest absolute Gasteiger partial charge is 0.362 e. The third-order valence-electron chi connectivity index (χ3n) is 2.21. The maximum absolute atomic E-state index is 13.2. The Morgan fingerprint density at radius 1 is 1.17 bits per heavy atom. The van der Waals surface area contributed by atoms with E-state index in [1.165, 1.54) is 6.92 Å². The van der Waals surface area contributed by atoms with E-state index in [9.17, 15) is 30.7 Å². The van der Waals surface area contributed by atoms with Crippen molar-refractivity contribution in [2.75, 3.05) is 13.1 Å². The SMILES string of the molecule is CC1CN(/C(F)=C/C(F)(F)F)CC(C(F)(F)F)O1. The first-order valence-corrected chi connectivity index (χ1v) is 4.91. The van der Waals surface area contributed by atoms with Gasteiger partial charge in [-0.1, -0.05) is 0 Å². The van der Waals surface area contributed by atoms with Crippen molar-refractivity contribution in [3.8, 4) is 0 Å². The topological polar surface area (TPSA) is 12.5 Å². The molecule has 1 heterocycles. The minimum absolute atomic E-state index is 0.370. The van der Waals surface area contributed by atoms with Crippen LogP contribution >= 0.6 is 0 Å². The summed E-state index contributed by atoms with van der Waals surface area (Å²) in [6, 6.07) is 0. The number of alkyl halides is 6. The lowest BCUT2D eigenvalue weighted by molar-refractivity contribution is -0.250. The van der Waals surface area contributed by atoms with Gasteiger partial charge in [0.05, 0.1) is 18.7 Å². The van der Waals surface area contributed by atoms with Crippen LogP contribution in [0.3, 0.4) is 0 Å². The zero-order valence-corrected chi connectivity index (χ0v) is 9.15. The fourth-order valence-corrected chi connectivity index (χ4v) is 1.53. The van der Waals surface area contributed by atoms with Crippen molar-refractivity contribution < 1.29 is 35.5 Å². The summed E-state index contributed by atoms with van der Waals surface area (Å²) in [5.41, 5.74) is 0. The van der Waals surface area contributed by atoms with Crippen LogP contribution in [0.5, 0.6) is 0 Å². The van der Waals surface area contributed by atoms with Gasteiger partial charge in [-0.3, -0.25) is 0 Å². The van der Waals surface area contributed by atoms with Crippen molar-refractivity contribution in [3.63, 3.8) is 0 Å². The number of hydrogen-bond acceptors (Lipinski definition) is 2. The second-order valence-corrected chi connectivity index (χ2v) is 3.89. The molecule has 0 aromatic heterocycles. The fourth-order valence-electron chi connectivity index (χ4n) is 1.53. The molecule has 0 bridgehead atoms. The highest BCUT2D eigenvalue weighted by atomic mass is 19.4. The molecule has 1 rings (SSSR count). The molecule has 0 N–H and O–H groups in total. The molecular weight excluding hydrogens is 271 g/mol. The van der Waals surface area contributed by atoms with Gasteiger partial charge < -0.3 is 9.64 Å². The van der Waals surface area contributed by atoms with Crippen molar-refractivity contribution in [1.82, 2.24) is 4.90 Å². The molecule has 0 saturated carbocycles. The van der Waals surface area contributed by atoms with Crippen molar-refractivity contribution in [1.29, 1.82) is 0 Å². The largest absolute Gasteiger partial charge is 0.416 e. The van der Waals surface area contributed by atoms with E-state index in [0.29, 0.717) is 4.90 Å². The van der Waals surface area contributed by atoms with Crippen LogP contribution in [0, 0.1) is 0 Å². The Labute approximate surface area is 98.0 Å². The summed E-state index contributed by atoms with van der Waals surface area (Å²) in [4.78, 5) is 0.375. The Morgan fingerprint density at radius 2 is 1.72 bits per heavy atom. The number of rotatable bonds is 1. The first-order chi connectivity index (χ1) is 7.99. The Kier molecular flexibility index (Phi) is 4.14. The number of allylic oxidation sites excluding steroid dienone is 1. The molecule has 2 nitrogen and oxygen atoms in total. The predicted octanol–water partition coefficient (Wildman–Crippen LogP) is 3.01. The monoisotopic (exact) mass is 281 g/mol. The molecule has 0 aromatic rings. The number of halogens is 7. The molecule has 9 heteroatoms. The highest BCUT2D eigenvalue weighted by Gasteiger charge is 2.45. The normalized spacial score (nSPS) is 27.6. The van der Waals surface area contributed by atoms with E-state index in [4.69, 9.17) is 0 Å². The lowest BCUT2D eigenvalue weighted by Crippen LogP contribution is -2.51. The van der Waals surface area contributed by atoms with Gasteiger partial charge in [0.2, 0.25) is 0 Å². The highest BCUT2D eigenvalue weighted by Crippen LogP contribution is 2.30. The van der Waals surface area contributed by atoms with Crippen molar-refractivity contribution >= 4 is 0 Å². The van der Waals surface area contributed by atoms with Gasteiger partial charge in [0, 0.05) is 6.54 Å². The van der Waals surface area contributed by atoms with E-state index in [1.54, 1.807) is 0 Å². The van der Waals surface area contributed by atoms with Gasteiger partial charge in [-0.25, -0.2) is 0 Å². The van der Waals surface area contributed by atoms with Gasteiger partial charge in [-0.15, -0.1) is 0 Å². The van der Waals surface area contributed by atoms with Gasteiger partial charge in [0.1, 0.15) is 0 Å². The van der Waals surface area contributed by atoms with Crippen LogP contribution in [0.1, 0.15) is 6.92 Å². The summed E-state index contributed by atoms with van der Waals surface area (Å²) in [6.07, 6.45) is -13.6. The third kappa shape index (κ3) is 4.35. The summed E-state index contributed by atoms with van der Waals surface area (Å²) in [5, 5.41) is 0. The molecule has 2 atom stereocenters. The second-order valence-electron chi connectivity index (χ2n) is 3.89. The maximum Gasteiger partial charge on any atom is 0.416 e. The van der Waals surface area contributed by atoms with Crippen molar-refractivity contribution in [2.45, 2.75) is 31.5 Å². The average Bonchev–Trinajstić information content (AvgIpc) is 2.12. The molecule has 2 unspecified atom stereocenters. The Morgan fingerprint density at radius 3 is 2.17 bits per heavy atom. The first kappa shape index (κ1) is 15.1. The molecule has 0 amide bonds. The van der Waals surface area contributed by atoms with Gasteiger partial charge in [-0.2, -0.15) is 30.7 Å². The highest BCUT2D eigenvalue weighted by molar-refractivity contribution is 4.99. The standard InChI is InChI=1S/C9H10F7NO/c1-5-3-17(7(10)2-8(11,12)13)4-6(18-5)9(14,15)16/h2,5-6H,3-4H2,1H3/b7-2+. The molecule has 0 aromatic carbocycles. The molecule has 106 valence electrons. The average molecular weight is 281 g/mol. The van der Waals surface area contributed by atoms with E-state index < -0.39 is 43.1 Å². The molecule has 1 aliphatic heterocycles. The summed E-state index contributed by atoms with van der Waals surface area (Å²) in [7, 11) is 0. The van der Waals surface area contributed by atoms with Gasteiger partial charge >= 0.3 is 12.4 Å². The Bertz CT molecular complexity index is 322. The minimum atomic E-state index is -4.92. The van der Waals surface area contributed by atoms with Crippen LogP contribution < -0.4 is 0 Å². The fraction of sp³-hybridized carbons (Fsp3) is 0.778. The van der Waals surface area contributed by atoms with E-state index >= 15 is 0 Å². The van der Waals surface area contributed by atoms with Crippen LogP contribution in [0.4, 0.5) is 30.7 Å². The van der Waals surface area contributed by atoms with Crippen LogP contribution in [0.25, 0.3) is 0 Å². The van der Waals surface area contributed by atoms with Gasteiger partial charge in [0.25, 0.3) is 0 Å². The van der Waals surface area contributed by atoms with E-state index in [1.807, 2.05) is 0 Å². The molecule has 1 aliphatic rings. The Hall–Kier alpha value is -0.990. The van der Waals surface area contributed by atoms with E-state index in [0.717, 1.165) is 0 Å². The predicted molar refractivity (Wildman–Crippen MR) is 47.2 cm³/mol. The summed E-state index contributed by atoms with van der Waals surface area (Å²) in [6.45, 7) is -0.136. The molecule has 1 fully saturated rings. The second kappa shape index (κ2) is 4.94. The van der Waals surface area contributed by atoms with Crippen LogP contribution in [-0.4, -0.2) is 42.5 Å². The Balaban J connectivity index is 2.81. The van der Waals surface area contributed by atoms with Gasteiger partial charge in [-0.05, 0) is 6.92 Å². The lowest BCUT2D eigenvalue weighted by Gasteiger charge is -2.37. The molecule has 1 saturated heterocycles. The van der Waals surface area contributed by atoms with Crippen molar-refractivity contribution in [2.24, 2.45) is 0 Å². The molecule has 0 spiro atoms. The zero-order chi connectivity index (χ0) is 14.1. The van der Waals surface area contributed by atoms with Crippen LogP contribution in [-0.2, 0) is 4.74 Å². The maximum atomic E-state index is 13.2. The zero-order valence-electron chi connectivity index (χ0n) is 9.15. The van der Waals surface area contributed by atoms with E-state index in [-0.39, 0.29) is 6.54 Å². The summed E-state index contributed by atoms with van der Waals surface area (Å²) >= 11 is 0. The van der Waals surface area contributed by atoms with Crippen LogP contribution in [0.2, 0.25) is 0 Å². The molecular formula is C9H10F7NO. The number of nitrogens with zero attached hydrogens (tertiary/aromatic N) is 1. The summed E-state index contributed by atoms with van der Waals surface area (Å²) < 4.78 is 90.5. The van der Waals surface area contributed by atoms with E-state index in [2.05, 4.69) is 4.74 Å². The number of ether oxygens (including phenoxy) is 1. The van der Waals surface area contributed by atoms with Crippen molar-refractivity contribution in [3.05, 3.63) is 12.0 Å². The lowest BCUT2D eigenvalue weighted by atomic mass is 10.2. The minimum Gasteiger partial charge on any atom is -0.362 e. The molecule has 0 radical (unpaired) electrons. The summed E-state index contributed by atoms with van der Waals surface area (Å²) in [5.74, 6) is -1.74. The quantitative estimate of drug-likeness (QED) is 0.541.